The molecule has 0 radical (unpaired) electrons. The smallest absolute Gasteiger partial charge is 0.407 e. The van der Waals surface area contributed by atoms with E-state index in [1.807, 2.05) is 44.2 Å². The monoisotopic (exact) mass is 562 g/mol. The number of amides is 1. The fourth-order valence-electron chi connectivity index (χ4n) is 4.98. The minimum Gasteiger partial charge on any atom is -0.497 e. The van der Waals surface area contributed by atoms with Crippen molar-refractivity contribution in [3.05, 3.63) is 60.2 Å². The lowest BCUT2D eigenvalue weighted by Crippen LogP contribution is -2.51. The largest absolute Gasteiger partial charge is 0.497 e. The van der Waals surface area contributed by atoms with Crippen LogP contribution >= 0.6 is 0 Å². The molecule has 4 rings (SSSR count). The van der Waals surface area contributed by atoms with E-state index in [0.29, 0.717) is 18.6 Å². The van der Waals surface area contributed by atoms with Crippen LogP contribution in [0.3, 0.4) is 0 Å². The number of hydrogen-bond acceptors (Lipinski definition) is 8. The van der Waals surface area contributed by atoms with Crippen molar-refractivity contribution in [2.45, 2.75) is 68.5 Å². The van der Waals surface area contributed by atoms with Crippen molar-refractivity contribution >= 4 is 16.1 Å². The van der Waals surface area contributed by atoms with E-state index < -0.39 is 28.3 Å². The minimum atomic E-state index is -3.93. The molecule has 2 aromatic rings. The van der Waals surface area contributed by atoms with E-state index >= 15 is 0 Å². The average Bonchev–Trinajstić information content (AvgIpc) is 3.50. The van der Waals surface area contributed by atoms with Crippen molar-refractivity contribution in [2.75, 3.05) is 27.0 Å². The Morgan fingerprint density at radius 1 is 1.05 bits per heavy atom. The number of benzene rings is 2. The molecule has 1 saturated carbocycles. The molecule has 1 saturated heterocycles. The maximum Gasteiger partial charge on any atom is 0.407 e. The van der Waals surface area contributed by atoms with Gasteiger partial charge in [-0.1, -0.05) is 44.2 Å². The van der Waals surface area contributed by atoms with Crippen LogP contribution in [0, 0.1) is 5.92 Å². The molecular weight excluding hydrogens is 524 g/mol. The summed E-state index contributed by atoms with van der Waals surface area (Å²) in [6, 6.07) is 14.7. The molecule has 2 aliphatic rings. The average molecular weight is 563 g/mol. The number of ether oxygens (including phenoxy) is 4. The molecule has 2 N–H and O–H groups in total. The third-order valence-corrected chi connectivity index (χ3v) is 8.81. The second kappa shape index (κ2) is 13.1. The quantitative estimate of drug-likeness (QED) is 0.405. The molecule has 5 atom stereocenters. The predicted molar refractivity (Wildman–Crippen MR) is 144 cm³/mol. The summed E-state index contributed by atoms with van der Waals surface area (Å²) in [6.07, 6.45) is -1.02. The maximum absolute atomic E-state index is 13.6. The van der Waals surface area contributed by atoms with Gasteiger partial charge >= 0.3 is 6.09 Å². The highest BCUT2D eigenvalue weighted by Crippen LogP contribution is 2.31. The highest BCUT2D eigenvalue weighted by molar-refractivity contribution is 7.89. The van der Waals surface area contributed by atoms with Gasteiger partial charge in [0.25, 0.3) is 0 Å². The Bertz CT molecular complexity index is 1160. The van der Waals surface area contributed by atoms with Crippen LogP contribution in [0.25, 0.3) is 0 Å². The van der Waals surface area contributed by atoms with Crippen molar-refractivity contribution in [3.8, 4) is 5.75 Å². The molecular formula is C28H38N2O8S. The van der Waals surface area contributed by atoms with Gasteiger partial charge in [0.15, 0.2) is 0 Å². The Morgan fingerprint density at radius 3 is 2.28 bits per heavy atom. The van der Waals surface area contributed by atoms with Crippen LogP contribution in [0.5, 0.6) is 5.75 Å². The number of fused-ring (bicyclic) bond motifs is 1. The number of methoxy groups -OCH3 is 1. The van der Waals surface area contributed by atoms with Gasteiger partial charge < -0.3 is 29.4 Å². The van der Waals surface area contributed by atoms with E-state index in [1.165, 1.54) is 23.5 Å². The molecule has 0 spiro atoms. The Hall–Kier alpha value is -2.70. The van der Waals surface area contributed by atoms with Crippen LogP contribution in [0.1, 0.15) is 32.3 Å². The van der Waals surface area contributed by atoms with Gasteiger partial charge in [0.05, 0.1) is 36.4 Å². The molecule has 0 bridgehead atoms. The molecule has 1 unspecified atom stereocenters. The maximum atomic E-state index is 13.6. The standard InChI is InChI=1S/C28H38N2O8S/c1-19(2)16-30(39(33,34)23-11-9-21(35-3)10-12-23)17-25(31)24(13-20-7-5-4-6-8-20)29-28(32)38-22-14-26-27(15-22)37-18-36-26/h4-12,19,22,24-27,31H,13-18H2,1-3H3,(H,29,32)/t22-,24?,25-,26+,27-/m1/s1. The Kier molecular flexibility index (Phi) is 9.84. The molecule has 10 nitrogen and oxygen atoms in total. The highest BCUT2D eigenvalue weighted by atomic mass is 32.2. The number of carbonyl (C=O) groups excluding carboxylic acids is 1. The summed E-state index contributed by atoms with van der Waals surface area (Å²) in [5.41, 5.74) is 0.882. The number of sulfonamides is 1. The third-order valence-electron chi connectivity index (χ3n) is 6.97. The molecule has 1 aliphatic carbocycles. The fraction of sp³-hybridized carbons (Fsp3) is 0.536. The van der Waals surface area contributed by atoms with Crippen molar-refractivity contribution < 1.29 is 37.3 Å². The first-order chi connectivity index (χ1) is 18.7. The van der Waals surface area contributed by atoms with Crippen LogP contribution in [-0.2, 0) is 30.7 Å². The molecule has 1 heterocycles. The number of nitrogens with zero attached hydrogens (tertiary/aromatic N) is 1. The summed E-state index contributed by atoms with van der Waals surface area (Å²) in [4.78, 5) is 13.0. The van der Waals surface area contributed by atoms with Crippen molar-refractivity contribution in [3.63, 3.8) is 0 Å². The van der Waals surface area contributed by atoms with Gasteiger partial charge in [0.1, 0.15) is 18.6 Å². The lowest BCUT2D eigenvalue weighted by Gasteiger charge is -2.31. The number of rotatable bonds is 12. The second-order valence-electron chi connectivity index (χ2n) is 10.4. The van der Waals surface area contributed by atoms with Crippen LogP contribution in [0.4, 0.5) is 4.79 Å². The summed E-state index contributed by atoms with van der Waals surface area (Å²) in [5, 5.41) is 14.1. The second-order valence-corrected chi connectivity index (χ2v) is 12.4. The van der Waals surface area contributed by atoms with Gasteiger partial charge in [-0.2, -0.15) is 4.31 Å². The molecule has 2 aromatic carbocycles. The first-order valence-electron chi connectivity index (χ1n) is 13.2. The van der Waals surface area contributed by atoms with E-state index in [0.717, 1.165) is 5.56 Å². The summed E-state index contributed by atoms with van der Waals surface area (Å²) < 4.78 is 50.2. The predicted octanol–water partition coefficient (Wildman–Crippen LogP) is 2.94. The van der Waals surface area contributed by atoms with E-state index in [2.05, 4.69) is 5.32 Å². The molecule has 2 fully saturated rings. The molecule has 214 valence electrons. The Labute approximate surface area is 230 Å². The molecule has 39 heavy (non-hydrogen) atoms. The minimum absolute atomic E-state index is 0.00183. The summed E-state index contributed by atoms with van der Waals surface area (Å²) in [6.45, 7) is 4.05. The van der Waals surface area contributed by atoms with Gasteiger partial charge in [-0.05, 0) is 42.2 Å². The van der Waals surface area contributed by atoms with E-state index in [1.54, 1.807) is 12.1 Å². The van der Waals surface area contributed by atoms with Crippen molar-refractivity contribution in [1.29, 1.82) is 0 Å². The third kappa shape index (κ3) is 7.70. The zero-order valence-corrected chi connectivity index (χ0v) is 23.4. The lowest BCUT2D eigenvalue weighted by atomic mass is 10.0. The van der Waals surface area contributed by atoms with E-state index in [9.17, 15) is 18.3 Å². The highest BCUT2D eigenvalue weighted by Gasteiger charge is 2.42. The van der Waals surface area contributed by atoms with Crippen LogP contribution < -0.4 is 10.1 Å². The van der Waals surface area contributed by atoms with Gasteiger partial charge in [-0.3, -0.25) is 0 Å². The van der Waals surface area contributed by atoms with Gasteiger partial charge in [-0.25, -0.2) is 13.2 Å². The van der Waals surface area contributed by atoms with Crippen LogP contribution in [0.2, 0.25) is 0 Å². The molecule has 0 aromatic heterocycles. The Morgan fingerprint density at radius 2 is 1.69 bits per heavy atom. The van der Waals surface area contributed by atoms with Crippen LogP contribution in [0.15, 0.2) is 59.5 Å². The normalized spacial score (nSPS) is 22.5. The van der Waals surface area contributed by atoms with Crippen LogP contribution in [-0.4, -0.2) is 81.4 Å². The summed E-state index contributed by atoms with van der Waals surface area (Å²) in [5.74, 6) is 0.543. The topological polar surface area (TPSA) is 124 Å². The number of nitrogens with one attached hydrogen (secondary N) is 1. The van der Waals surface area contributed by atoms with Crippen molar-refractivity contribution in [1.82, 2.24) is 9.62 Å². The Balaban J connectivity index is 1.49. The number of hydrogen-bond donors (Lipinski definition) is 2. The molecule has 1 amide bonds. The molecule has 1 aliphatic heterocycles. The number of aliphatic hydroxyl groups is 1. The summed E-state index contributed by atoms with van der Waals surface area (Å²) >= 11 is 0. The van der Waals surface area contributed by atoms with E-state index in [-0.39, 0.29) is 55.4 Å². The first kappa shape index (κ1) is 29.3. The zero-order valence-electron chi connectivity index (χ0n) is 22.6. The van der Waals surface area contributed by atoms with E-state index in [4.69, 9.17) is 18.9 Å². The number of carbonyl (C=O) groups is 1. The summed E-state index contributed by atoms with van der Waals surface area (Å²) in [7, 11) is -2.42. The fourth-order valence-corrected chi connectivity index (χ4v) is 6.60. The van der Waals surface area contributed by atoms with Gasteiger partial charge in [0, 0.05) is 25.9 Å². The zero-order chi connectivity index (χ0) is 28.0. The van der Waals surface area contributed by atoms with Gasteiger partial charge in [-0.15, -0.1) is 0 Å². The lowest BCUT2D eigenvalue weighted by molar-refractivity contribution is 0.00201. The molecule has 11 heteroatoms. The first-order valence-corrected chi connectivity index (χ1v) is 14.7. The van der Waals surface area contributed by atoms with Crippen molar-refractivity contribution in [2.24, 2.45) is 5.92 Å². The van der Waals surface area contributed by atoms with Gasteiger partial charge in [0.2, 0.25) is 10.0 Å². The SMILES string of the molecule is COc1ccc(S(=O)(=O)N(CC(C)C)C[C@@H](O)C(Cc2ccccc2)NC(=O)O[C@@H]2C[C@@H]3OCO[C@@H]3C2)cc1. The number of alkyl carbamates (subject to hydrolysis) is 1. The number of aliphatic hydroxyl groups excluding tert-OH is 1.